The first-order valence-electron chi connectivity index (χ1n) is 6.56. The Morgan fingerprint density at radius 3 is 2.53 bits per heavy atom. The second-order valence-electron chi connectivity index (χ2n) is 4.84. The lowest BCUT2D eigenvalue weighted by atomic mass is 10.0. The Hall–Kier alpha value is -1.87. The molecule has 19 heavy (non-hydrogen) atoms. The van der Waals surface area contributed by atoms with Gasteiger partial charge >= 0.3 is 0 Å². The van der Waals surface area contributed by atoms with E-state index >= 15 is 0 Å². The van der Waals surface area contributed by atoms with Gasteiger partial charge in [0.2, 0.25) is 0 Å². The predicted molar refractivity (Wildman–Crippen MR) is 77.6 cm³/mol. The van der Waals surface area contributed by atoms with Crippen molar-refractivity contribution >= 4 is 0 Å². The molecule has 2 rings (SSSR count). The quantitative estimate of drug-likeness (QED) is 0.885. The Morgan fingerprint density at radius 2 is 1.89 bits per heavy atom. The molecule has 0 aliphatic heterocycles. The summed E-state index contributed by atoms with van der Waals surface area (Å²) in [6.45, 7) is 5.13. The molecule has 2 aromatic rings. The molecule has 1 N–H and O–H groups in total. The van der Waals surface area contributed by atoms with Gasteiger partial charge in [0.25, 0.3) is 0 Å². The van der Waals surface area contributed by atoms with Gasteiger partial charge in [-0.15, -0.1) is 0 Å². The van der Waals surface area contributed by atoms with E-state index in [0.717, 1.165) is 23.6 Å². The molecule has 3 heteroatoms. The van der Waals surface area contributed by atoms with Gasteiger partial charge < -0.3 is 10.1 Å². The van der Waals surface area contributed by atoms with Crippen molar-refractivity contribution in [3.8, 4) is 11.5 Å². The van der Waals surface area contributed by atoms with Crippen LogP contribution in [0.15, 0.2) is 42.7 Å². The van der Waals surface area contributed by atoms with Crippen LogP contribution in [0.4, 0.5) is 0 Å². The third-order valence-electron chi connectivity index (χ3n) is 3.01. The molecule has 0 aliphatic rings. The molecule has 0 atom stereocenters. The monoisotopic (exact) mass is 256 g/mol. The van der Waals surface area contributed by atoms with Crippen LogP contribution in [-0.2, 0) is 6.54 Å². The number of benzene rings is 1. The summed E-state index contributed by atoms with van der Waals surface area (Å²) in [5.41, 5.74) is 2.42. The summed E-state index contributed by atoms with van der Waals surface area (Å²) in [6.07, 6.45) is 3.53. The van der Waals surface area contributed by atoms with Gasteiger partial charge in [-0.05, 0) is 36.7 Å². The Balaban J connectivity index is 2.16. The van der Waals surface area contributed by atoms with Gasteiger partial charge in [0.1, 0.15) is 11.5 Å². The number of aromatic nitrogens is 1. The lowest BCUT2D eigenvalue weighted by Gasteiger charge is -2.11. The van der Waals surface area contributed by atoms with Crippen LogP contribution in [0.2, 0.25) is 0 Å². The molecule has 0 radical (unpaired) electrons. The highest BCUT2D eigenvalue weighted by atomic mass is 16.5. The molecule has 0 unspecified atom stereocenters. The van der Waals surface area contributed by atoms with Crippen LogP contribution in [0, 0.1) is 0 Å². The molecule has 0 saturated carbocycles. The summed E-state index contributed by atoms with van der Waals surface area (Å²) in [4.78, 5) is 4.12. The average molecular weight is 256 g/mol. The van der Waals surface area contributed by atoms with E-state index in [1.165, 1.54) is 5.56 Å². The van der Waals surface area contributed by atoms with Crippen molar-refractivity contribution in [2.75, 3.05) is 7.05 Å². The highest BCUT2D eigenvalue weighted by molar-refractivity contribution is 5.37. The van der Waals surface area contributed by atoms with E-state index < -0.39 is 0 Å². The van der Waals surface area contributed by atoms with Gasteiger partial charge in [0.05, 0.1) is 6.20 Å². The van der Waals surface area contributed by atoms with E-state index in [2.05, 4.69) is 36.3 Å². The molecule has 0 saturated heterocycles. The molecular weight excluding hydrogens is 236 g/mol. The summed E-state index contributed by atoms with van der Waals surface area (Å²) in [6, 6.07) is 10.2. The SMILES string of the molecule is CNCc1ccncc1Oc1ccc(C(C)C)cc1. The van der Waals surface area contributed by atoms with Crippen LogP contribution in [-0.4, -0.2) is 12.0 Å². The number of nitrogens with zero attached hydrogens (tertiary/aromatic N) is 1. The summed E-state index contributed by atoms with van der Waals surface area (Å²) in [7, 11) is 1.92. The van der Waals surface area contributed by atoms with Gasteiger partial charge in [-0.1, -0.05) is 26.0 Å². The summed E-state index contributed by atoms with van der Waals surface area (Å²) >= 11 is 0. The van der Waals surface area contributed by atoms with Crippen molar-refractivity contribution in [2.45, 2.75) is 26.3 Å². The second-order valence-corrected chi connectivity index (χ2v) is 4.84. The number of hydrogen-bond acceptors (Lipinski definition) is 3. The minimum Gasteiger partial charge on any atom is -0.455 e. The smallest absolute Gasteiger partial charge is 0.150 e. The first kappa shape index (κ1) is 13.6. The van der Waals surface area contributed by atoms with Crippen LogP contribution >= 0.6 is 0 Å². The number of ether oxygens (including phenoxy) is 1. The van der Waals surface area contributed by atoms with Crippen LogP contribution in [0.3, 0.4) is 0 Å². The molecule has 1 aromatic heterocycles. The Morgan fingerprint density at radius 1 is 1.16 bits per heavy atom. The van der Waals surface area contributed by atoms with Crippen LogP contribution in [0.5, 0.6) is 11.5 Å². The summed E-state index contributed by atoms with van der Waals surface area (Å²) in [5.74, 6) is 2.18. The highest BCUT2D eigenvalue weighted by Crippen LogP contribution is 2.26. The topological polar surface area (TPSA) is 34.2 Å². The molecule has 0 fully saturated rings. The maximum Gasteiger partial charge on any atom is 0.150 e. The molecule has 0 aliphatic carbocycles. The number of hydrogen-bond donors (Lipinski definition) is 1. The lowest BCUT2D eigenvalue weighted by molar-refractivity contribution is 0.471. The zero-order valence-electron chi connectivity index (χ0n) is 11.7. The molecule has 3 nitrogen and oxygen atoms in total. The zero-order chi connectivity index (χ0) is 13.7. The van der Waals surface area contributed by atoms with Crippen molar-refractivity contribution in [1.29, 1.82) is 0 Å². The van der Waals surface area contributed by atoms with Crippen LogP contribution in [0.1, 0.15) is 30.9 Å². The Kier molecular flexibility index (Phi) is 4.53. The van der Waals surface area contributed by atoms with Gasteiger partial charge in [-0.25, -0.2) is 0 Å². The lowest BCUT2D eigenvalue weighted by Crippen LogP contribution is -2.06. The number of rotatable bonds is 5. The molecule has 0 spiro atoms. The zero-order valence-corrected chi connectivity index (χ0v) is 11.7. The van der Waals surface area contributed by atoms with Gasteiger partial charge in [-0.3, -0.25) is 4.98 Å². The van der Waals surface area contributed by atoms with Crippen LogP contribution < -0.4 is 10.1 Å². The maximum absolute atomic E-state index is 5.89. The molecule has 1 aromatic carbocycles. The van der Waals surface area contributed by atoms with Crippen molar-refractivity contribution in [1.82, 2.24) is 10.3 Å². The fourth-order valence-electron chi connectivity index (χ4n) is 1.88. The van der Waals surface area contributed by atoms with Crippen molar-refractivity contribution in [2.24, 2.45) is 0 Å². The van der Waals surface area contributed by atoms with Crippen LogP contribution in [0.25, 0.3) is 0 Å². The first-order chi connectivity index (χ1) is 9.20. The standard InChI is InChI=1S/C16H20N2O/c1-12(2)13-4-6-15(7-5-13)19-16-11-18-9-8-14(16)10-17-3/h4-9,11-12,17H,10H2,1-3H3. The number of pyridine rings is 1. The molecule has 0 amide bonds. The van der Waals surface area contributed by atoms with E-state index in [4.69, 9.17) is 4.74 Å². The molecule has 100 valence electrons. The van der Waals surface area contributed by atoms with E-state index in [-0.39, 0.29) is 0 Å². The van der Waals surface area contributed by atoms with Gasteiger partial charge in [0, 0.05) is 18.3 Å². The van der Waals surface area contributed by atoms with Crippen molar-refractivity contribution in [3.05, 3.63) is 53.9 Å². The average Bonchev–Trinajstić information content (AvgIpc) is 2.42. The third-order valence-corrected chi connectivity index (χ3v) is 3.01. The second kappa shape index (κ2) is 6.34. The normalized spacial score (nSPS) is 10.7. The van der Waals surface area contributed by atoms with E-state index in [1.54, 1.807) is 12.4 Å². The largest absolute Gasteiger partial charge is 0.455 e. The fourth-order valence-corrected chi connectivity index (χ4v) is 1.88. The maximum atomic E-state index is 5.89. The fraction of sp³-hybridized carbons (Fsp3) is 0.312. The summed E-state index contributed by atoms with van der Waals surface area (Å²) in [5, 5.41) is 3.13. The molecular formula is C16H20N2O. The van der Waals surface area contributed by atoms with E-state index in [9.17, 15) is 0 Å². The van der Waals surface area contributed by atoms with Crippen molar-refractivity contribution < 1.29 is 4.74 Å². The minimum atomic E-state index is 0.535. The summed E-state index contributed by atoms with van der Waals surface area (Å²) < 4.78 is 5.89. The first-order valence-corrected chi connectivity index (χ1v) is 6.56. The van der Waals surface area contributed by atoms with Gasteiger partial charge in [-0.2, -0.15) is 0 Å². The number of nitrogens with one attached hydrogen (secondary N) is 1. The third kappa shape index (κ3) is 3.55. The molecule has 1 heterocycles. The predicted octanol–water partition coefficient (Wildman–Crippen LogP) is 3.72. The Bertz CT molecular complexity index is 521. The molecule has 0 bridgehead atoms. The Labute approximate surface area is 114 Å². The minimum absolute atomic E-state index is 0.535. The highest BCUT2D eigenvalue weighted by Gasteiger charge is 2.05. The van der Waals surface area contributed by atoms with Crippen molar-refractivity contribution in [3.63, 3.8) is 0 Å². The van der Waals surface area contributed by atoms with E-state index in [0.29, 0.717) is 5.92 Å². The van der Waals surface area contributed by atoms with Gasteiger partial charge in [0.15, 0.2) is 0 Å². The van der Waals surface area contributed by atoms with E-state index in [1.807, 2.05) is 25.2 Å².